The third-order valence-corrected chi connectivity index (χ3v) is 9.41. The molecule has 2 fully saturated rings. The zero-order chi connectivity index (χ0) is 30.5. The first-order chi connectivity index (χ1) is 20.8. The molecular formula is C33H41N5O4S. The lowest BCUT2D eigenvalue weighted by Crippen LogP contribution is -2.46. The van der Waals surface area contributed by atoms with E-state index in [0.717, 1.165) is 74.0 Å². The van der Waals surface area contributed by atoms with Crippen molar-refractivity contribution in [2.75, 3.05) is 17.7 Å². The molecule has 2 aliphatic rings. The van der Waals surface area contributed by atoms with Crippen LogP contribution in [0, 0.1) is 13.8 Å². The van der Waals surface area contributed by atoms with Crippen molar-refractivity contribution < 1.29 is 19.1 Å². The number of benzene rings is 2. The lowest BCUT2D eigenvalue weighted by molar-refractivity contribution is -0.123. The van der Waals surface area contributed by atoms with E-state index < -0.39 is 11.9 Å². The van der Waals surface area contributed by atoms with Gasteiger partial charge in [-0.3, -0.25) is 19.3 Å². The number of hydrogen-bond donors (Lipinski definition) is 3. The highest BCUT2D eigenvalue weighted by Crippen LogP contribution is 2.36. The van der Waals surface area contributed by atoms with Crippen LogP contribution in [0.1, 0.15) is 101 Å². The summed E-state index contributed by atoms with van der Waals surface area (Å²) in [5, 5.41) is 6.26. The number of nitrogens with two attached hydrogens (primary N) is 1. The molecular weight excluding hydrogens is 562 g/mol. The summed E-state index contributed by atoms with van der Waals surface area (Å²) in [5.74, 6) is -0.486. The Morgan fingerprint density at radius 1 is 0.930 bits per heavy atom. The zero-order valence-electron chi connectivity index (χ0n) is 25.2. The topological polar surface area (TPSA) is 127 Å². The SMILES string of the molecule is COc1ccc([C@H](C(=O)NC2CCCC2)N(C(=O)c2snc(C(=O)NC3CCCCC3)c2N)c2cc(C)ccc2C)cc1. The highest BCUT2D eigenvalue weighted by Gasteiger charge is 2.38. The van der Waals surface area contributed by atoms with Gasteiger partial charge in [0.15, 0.2) is 5.69 Å². The minimum absolute atomic E-state index is 0.0308. The highest BCUT2D eigenvalue weighted by molar-refractivity contribution is 7.09. The molecule has 0 saturated heterocycles. The number of ether oxygens (including phenoxy) is 1. The minimum atomic E-state index is -1.000. The normalized spacial score (nSPS) is 16.4. The van der Waals surface area contributed by atoms with Crippen LogP contribution in [0.2, 0.25) is 0 Å². The van der Waals surface area contributed by atoms with Crippen molar-refractivity contribution in [3.63, 3.8) is 0 Å². The Kier molecular flexibility index (Phi) is 9.65. The average molecular weight is 604 g/mol. The van der Waals surface area contributed by atoms with Crippen molar-refractivity contribution in [2.45, 2.75) is 89.8 Å². The summed E-state index contributed by atoms with van der Waals surface area (Å²) in [5.41, 5.74) is 9.57. The molecule has 1 atom stereocenters. The summed E-state index contributed by atoms with van der Waals surface area (Å²) in [6, 6.07) is 12.1. The van der Waals surface area contributed by atoms with Crippen LogP contribution in [0.25, 0.3) is 0 Å². The number of rotatable bonds is 9. The van der Waals surface area contributed by atoms with Gasteiger partial charge >= 0.3 is 0 Å². The molecule has 10 heteroatoms. The van der Waals surface area contributed by atoms with Crippen LogP contribution >= 0.6 is 11.5 Å². The third kappa shape index (κ3) is 6.85. The van der Waals surface area contributed by atoms with E-state index in [1.165, 1.54) is 11.3 Å². The predicted octanol–water partition coefficient (Wildman–Crippen LogP) is 5.86. The van der Waals surface area contributed by atoms with Gasteiger partial charge in [0, 0.05) is 17.8 Å². The Morgan fingerprint density at radius 3 is 2.21 bits per heavy atom. The Hall–Kier alpha value is -3.92. The zero-order valence-corrected chi connectivity index (χ0v) is 26.0. The van der Waals surface area contributed by atoms with Crippen LogP contribution in [0.4, 0.5) is 11.4 Å². The molecule has 0 unspecified atom stereocenters. The van der Waals surface area contributed by atoms with Crippen LogP contribution in [0.5, 0.6) is 5.75 Å². The van der Waals surface area contributed by atoms with Crippen LogP contribution in [-0.2, 0) is 4.79 Å². The summed E-state index contributed by atoms with van der Waals surface area (Å²) in [7, 11) is 1.58. The van der Waals surface area contributed by atoms with Gasteiger partial charge in [-0.1, -0.05) is 56.4 Å². The van der Waals surface area contributed by atoms with E-state index >= 15 is 0 Å². The van der Waals surface area contributed by atoms with Crippen molar-refractivity contribution in [1.29, 1.82) is 0 Å². The highest BCUT2D eigenvalue weighted by atomic mass is 32.1. The summed E-state index contributed by atoms with van der Waals surface area (Å²) in [4.78, 5) is 43.6. The molecule has 2 aromatic carbocycles. The first-order valence-corrected chi connectivity index (χ1v) is 15.9. The average Bonchev–Trinajstić information content (AvgIpc) is 3.67. The van der Waals surface area contributed by atoms with Gasteiger partial charge in [0.2, 0.25) is 5.91 Å². The monoisotopic (exact) mass is 603 g/mol. The van der Waals surface area contributed by atoms with E-state index in [2.05, 4.69) is 15.0 Å². The van der Waals surface area contributed by atoms with Crippen molar-refractivity contribution in [3.8, 4) is 5.75 Å². The third-order valence-electron chi connectivity index (χ3n) is 8.56. The summed E-state index contributed by atoms with van der Waals surface area (Å²) in [6.07, 6.45) is 9.07. The van der Waals surface area contributed by atoms with E-state index in [9.17, 15) is 14.4 Å². The fourth-order valence-electron chi connectivity index (χ4n) is 6.12. The molecule has 4 N–H and O–H groups in total. The lowest BCUT2D eigenvalue weighted by atomic mass is 9.95. The fraction of sp³-hybridized carbons (Fsp3) is 0.455. The van der Waals surface area contributed by atoms with E-state index in [1.807, 2.05) is 44.2 Å². The first-order valence-electron chi connectivity index (χ1n) is 15.2. The first kappa shape index (κ1) is 30.5. The maximum absolute atomic E-state index is 14.6. The minimum Gasteiger partial charge on any atom is -0.497 e. The molecule has 3 aromatic rings. The molecule has 9 nitrogen and oxygen atoms in total. The van der Waals surface area contributed by atoms with E-state index in [4.69, 9.17) is 10.5 Å². The van der Waals surface area contributed by atoms with Gasteiger partial charge in [-0.25, -0.2) is 0 Å². The van der Waals surface area contributed by atoms with E-state index in [0.29, 0.717) is 17.0 Å². The number of methoxy groups -OCH3 is 1. The second-order valence-electron chi connectivity index (χ2n) is 11.7. The number of carbonyl (C=O) groups is 3. The molecule has 2 saturated carbocycles. The van der Waals surface area contributed by atoms with Gasteiger partial charge in [-0.05, 0) is 86.0 Å². The van der Waals surface area contributed by atoms with Crippen LogP contribution in [0.15, 0.2) is 42.5 Å². The number of nitrogen functional groups attached to an aromatic ring is 1. The van der Waals surface area contributed by atoms with Gasteiger partial charge in [0.05, 0.1) is 12.8 Å². The molecule has 0 aliphatic heterocycles. The molecule has 43 heavy (non-hydrogen) atoms. The Bertz CT molecular complexity index is 1460. The number of nitrogens with zero attached hydrogens (tertiary/aromatic N) is 2. The Balaban J connectivity index is 1.56. The van der Waals surface area contributed by atoms with Crippen molar-refractivity contribution >= 4 is 40.6 Å². The molecule has 5 rings (SSSR count). The maximum Gasteiger partial charge on any atom is 0.273 e. The largest absolute Gasteiger partial charge is 0.497 e. The second-order valence-corrected chi connectivity index (χ2v) is 12.5. The summed E-state index contributed by atoms with van der Waals surface area (Å²) >= 11 is 0.892. The van der Waals surface area contributed by atoms with Crippen molar-refractivity contribution in [3.05, 3.63) is 69.7 Å². The van der Waals surface area contributed by atoms with Crippen LogP contribution in [0.3, 0.4) is 0 Å². The number of hydrogen-bond acceptors (Lipinski definition) is 7. The number of anilines is 2. The number of aromatic nitrogens is 1. The lowest BCUT2D eigenvalue weighted by Gasteiger charge is -2.33. The van der Waals surface area contributed by atoms with Crippen LogP contribution in [-0.4, -0.2) is 41.3 Å². The molecule has 1 aromatic heterocycles. The van der Waals surface area contributed by atoms with Crippen LogP contribution < -0.4 is 26.0 Å². The summed E-state index contributed by atoms with van der Waals surface area (Å²) < 4.78 is 9.71. The molecule has 0 bridgehead atoms. The van der Waals surface area contributed by atoms with Gasteiger partial charge in [-0.15, -0.1) is 0 Å². The number of nitrogens with one attached hydrogen (secondary N) is 2. The van der Waals surface area contributed by atoms with Crippen molar-refractivity contribution in [2.24, 2.45) is 0 Å². The molecule has 0 spiro atoms. The fourth-order valence-corrected chi connectivity index (χ4v) is 6.86. The van der Waals surface area contributed by atoms with E-state index in [-0.39, 0.29) is 40.2 Å². The predicted molar refractivity (Wildman–Crippen MR) is 170 cm³/mol. The van der Waals surface area contributed by atoms with Gasteiger partial charge in [-0.2, -0.15) is 4.37 Å². The maximum atomic E-state index is 14.6. The standard InChI is InChI=1S/C33H41N5O4S/c1-20-13-14-21(2)26(19-20)38(29(22-15-17-25(42-3)18-16-22)32(40)36-24-11-7-8-12-24)33(41)30-27(34)28(37-43-30)31(39)35-23-9-5-4-6-10-23/h13-19,23-24,29H,4-12,34H2,1-3H3,(H,35,39)(H,36,40)/t29-/m1/s1. The second kappa shape index (κ2) is 13.6. The Labute approximate surface area is 257 Å². The van der Waals surface area contributed by atoms with Crippen molar-refractivity contribution in [1.82, 2.24) is 15.0 Å². The van der Waals surface area contributed by atoms with Gasteiger partial charge in [0.25, 0.3) is 11.8 Å². The van der Waals surface area contributed by atoms with E-state index in [1.54, 1.807) is 19.2 Å². The molecule has 1 heterocycles. The molecule has 2 aliphatic carbocycles. The number of carbonyl (C=O) groups excluding carboxylic acids is 3. The molecule has 228 valence electrons. The van der Waals surface area contributed by atoms with Gasteiger partial charge < -0.3 is 21.1 Å². The number of amides is 3. The Morgan fingerprint density at radius 2 is 1.56 bits per heavy atom. The molecule has 3 amide bonds. The quantitative estimate of drug-likeness (QED) is 0.281. The van der Waals surface area contributed by atoms with Gasteiger partial charge in [0.1, 0.15) is 16.7 Å². The molecule has 0 radical (unpaired) electrons. The number of aryl methyl sites for hydroxylation is 2. The summed E-state index contributed by atoms with van der Waals surface area (Å²) in [6.45, 7) is 3.86. The smallest absolute Gasteiger partial charge is 0.273 e.